The summed E-state index contributed by atoms with van der Waals surface area (Å²) in [6.45, 7) is 0. The first-order valence-corrected chi connectivity index (χ1v) is 4.50. The zero-order valence-electron chi connectivity index (χ0n) is 8.83. The van der Waals surface area contributed by atoms with Gasteiger partial charge in [-0.05, 0) is 36.4 Å². The van der Waals surface area contributed by atoms with Gasteiger partial charge < -0.3 is 10.2 Å². The van der Waals surface area contributed by atoms with Crippen LogP contribution in [-0.4, -0.2) is 49.1 Å². The average molecular weight is 425 g/mol. The van der Waals surface area contributed by atoms with Crippen molar-refractivity contribution in [2.45, 2.75) is 0 Å². The first kappa shape index (κ1) is 15.6. The molecule has 2 N–H and O–H groups in total. The Bertz CT molecular complexity index is 404. The van der Waals surface area contributed by atoms with E-state index in [-0.39, 0.29) is 50.4 Å². The number of ketones is 2. The van der Waals surface area contributed by atoms with E-state index in [9.17, 15) is 9.59 Å². The van der Waals surface area contributed by atoms with Crippen LogP contribution < -0.4 is 0 Å². The number of para-hydroxylation sites is 2. The second-order valence-corrected chi connectivity index (χ2v) is 2.96. The van der Waals surface area contributed by atoms with Gasteiger partial charge in [-0.15, -0.1) is 0 Å². The number of aromatic hydroxyl groups is 2. The van der Waals surface area contributed by atoms with Crippen molar-refractivity contribution in [3.05, 3.63) is 48.6 Å². The van der Waals surface area contributed by atoms with Gasteiger partial charge in [0, 0.05) is 27.3 Å². The Morgan fingerprint density at radius 1 is 0.706 bits per heavy atom. The normalized spacial score (nSPS) is 12.5. The standard InChI is InChI=1S/C6H4O2.C6H6O2.Pb/c7-5-1-2-6(8)4-3-5;7-5-3-1-2-4-6(5)8;/h1-4H;1-4,7-8H;. The predicted octanol–water partition coefficient (Wildman–Crippen LogP) is 0.968. The van der Waals surface area contributed by atoms with Crippen LogP contribution in [0.5, 0.6) is 11.5 Å². The van der Waals surface area contributed by atoms with Crippen LogP contribution in [0.25, 0.3) is 0 Å². The molecule has 0 saturated carbocycles. The van der Waals surface area contributed by atoms with Crippen molar-refractivity contribution in [3.8, 4) is 11.5 Å². The number of phenols is 2. The summed E-state index contributed by atoms with van der Waals surface area (Å²) < 4.78 is 0. The second-order valence-electron chi connectivity index (χ2n) is 2.96. The van der Waals surface area contributed by atoms with Crippen molar-refractivity contribution in [2.75, 3.05) is 0 Å². The summed E-state index contributed by atoms with van der Waals surface area (Å²) in [5.41, 5.74) is 0. The SMILES string of the molecule is O=C1C=CC(=O)C=C1.Oc1ccccc1O.[Pb]. The number of carbonyl (C=O) groups excluding carboxylic acids is 2. The summed E-state index contributed by atoms with van der Waals surface area (Å²) in [5, 5.41) is 17.3. The Kier molecular flexibility index (Phi) is 7.12. The Morgan fingerprint density at radius 2 is 1.00 bits per heavy atom. The average Bonchev–Trinajstić information content (AvgIpc) is 2.28. The van der Waals surface area contributed by atoms with Gasteiger partial charge in [-0.3, -0.25) is 9.59 Å². The van der Waals surface area contributed by atoms with Gasteiger partial charge in [0.1, 0.15) is 0 Å². The van der Waals surface area contributed by atoms with E-state index in [2.05, 4.69) is 0 Å². The first-order chi connectivity index (χ1) is 7.59. The van der Waals surface area contributed by atoms with Gasteiger partial charge in [0.25, 0.3) is 0 Å². The van der Waals surface area contributed by atoms with E-state index in [1.807, 2.05) is 0 Å². The van der Waals surface area contributed by atoms with Crippen LogP contribution in [0, 0.1) is 0 Å². The van der Waals surface area contributed by atoms with Crippen molar-refractivity contribution < 1.29 is 19.8 Å². The molecule has 5 heteroatoms. The van der Waals surface area contributed by atoms with E-state index in [1.165, 1.54) is 36.4 Å². The number of hydrogen-bond donors (Lipinski definition) is 2. The Labute approximate surface area is 118 Å². The fourth-order valence-corrected chi connectivity index (χ4v) is 0.904. The summed E-state index contributed by atoms with van der Waals surface area (Å²) in [5.74, 6) is -0.394. The number of allylic oxidation sites excluding steroid dienone is 4. The van der Waals surface area contributed by atoms with Gasteiger partial charge in [0.2, 0.25) is 0 Å². The topological polar surface area (TPSA) is 74.6 Å². The number of carbonyl (C=O) groups is 2. The number of rotatable bonds is 0. The van der Waals surface area contributed by atoms with Crippen LogP contribution in [0.2, 0.25) is 0 Å². The Balaban J connectivity index is 0.000000284. The van der Waals surface area contributed by atoms with E-state index in [0.717, 1.165) is 0 Å². The molecule has 0 atom stereocenters. The summed E-state index contributed by atoms with van der Waals surface area (Å²) in [6, 6.07) is 6.15. The van der Waals surface area contributed by atoms with Crippen molar-refractivity contribution in [1.82, 2.24) is 0 Å². The van der Waals surface area contributed by atoms with Crippen LogP contribution in [0.4, 0.5) is 0 Å². The van der Waals surface area contributed by atoms with Crippen molar-refractivity contribution in [2.24, 2.45) is 0 Å². The summed E-state index contributed by atoms with van der Waals surface area (Å²) in [4.78, 5) is 20.6. The molecule has 0 amide bonds. The molecule has 0 aromatic heterocycles. The zero-order valence-corrected chi connectivity index (χ0v) is 12.7. The molecule has 0 unspecified atom stereocenters. The van der Waals surface area contributed by atoms with Gasteiger partial charge in [0.05, 0.1) is 0 Å². The Hall–Kier alpha value is -1.44. The van der Waals surface area contributed by atoms with Gasteiger partial charge in [-0.25, -0.2) is 0 Å². The number of benzene rings is 1. The molecule has 4 radical (unpaired) electrons. The molecule has 1 aliphatic carbocycles. The van der Waals surface area contributed by atoms with E-state index in [4.69, 9.17) is 10.2 Å². The van der Waals surface area contributed by atoms with Crippen LogP contribution in [0.3, 0.4) is 0 Å². The molecule has 17 heavy (non-hydrogen) atoms. The van der Waals surface area contributed by atoms with Crippen LogP contribution in [-0.2, 0) is 9.59 Å². The molecule has 0 aliphatic heterocycles. The van der Waals surface area contributed by atoms with Gasteiger partial charge in [-0.1, -0.05) is 12.1 Å². The fraction of sp³-hybridized carbons (Fsp3) is 0. The third kappa shape index (κ3) is 6.01. The number of hydrogen-bond acceptors (Lipinski definition) is 4. The maximum atomic E-state index is 10.3. The zero-order chi connectivity index (χ0) is 12.0. The quantitative estimate of drug-likeness (QED) is 0.369. The van der Waals surface area contributed by atoms with Crippen molar-refractivity contribution in [3.63, 3.8) is 0 Å². The minimum Gasteiger partial charge on any atom is -0.504 e. The van der Waals surface area contributed by atoms with Gasteiger partial charge in [-0.2, -0.15) is 0 Å². The molecule has 0 saturated heterocycles. The maximum absolute atomic E-state index is 10.3. The van der Waals surface area contributed by atoms with Crippen molar-refractivity contribution >= 4 is 38.9 Å². The molecule has 0 heterocycles. The molecular formula is C12H10O4Pb. The van der Waals surface area contributed by atoms with Gasteiger partial charge >= 0.3 is 0 Å². The summed E-state index contributed by atoms with van der Waals surface area (Å²) in [6.07, 6.45) is 5.01. The molecule has 1 aromatic rings. The third-order valence-corrected chi connectivity index (χ3v) is 1.71. The summed E-state index contributed by atoms with van der Waals surface area (Å²) >= 11 is 0. The third-order valence-electron chi connectivity index (χ3n) is 1.71. The van der Waals surface area contributed by atoms with Crippen LogP contribution in [0.15, 0.2) is 48.6 Å². The van der Waals surface area contributed by atoms with Crippen molar-refractivity contribution in [1.29, 1.82) is 0 Å². The van der Waals surface area contributed by atoms with E-state index >= 15 is 0 Å². The Morgan fingerprint density at radius 3 is 1.24 bits per heavy atom. The molecule has 2 rings (SSSR count). The minimum absolute atomic E-state index is 0. The maximum Gasteiger partial charge on any atom is 0.178 e. The van der Waals surface area contributed by atoms with Crippen LogP contribution >= 0.6 is 0 Å². The molecular weight excluding hydrogens is 415 g/mol. The molecule has 0 fully saturated rings. The number of phenolic OH excluding ortho intramolecular Hbond substituents is 2. The second kappa shape index (κ2) is 7.77. The molecule has 1 aliphatic rings. The molecule has 4 nitrogen and oxygen atoms in total. The van der Waals surface area contributed by atoms with E-state index in [1.54, 1.807) is 12.1 Å². The molecule has 1 aromatic carbocycles. The molecule has 0 spiro atoms. The smallest absolute Gasteiger partial charge is 0.178 e. The monoisotopic (exact) mass is 426 g/mol. The first-order valence-electron chi connectivity index (χ1n) is 4.50. The largest absolute Gasteiger partial charge is 0.504 e. The van der Waals surface area contributed by atoms with E-state index < -0.39 is 0 Å². The van der Waals surface area contributed by atoms with Crippen LogP contribution in [0.1, 0.15) is 0 Å². The van der Waals surface area contributed by atoms with E-state index in [0.29, 0.717) is 0 Å². The fourth-order valence-electron chi connectivity index (χ4n) is 0.904. The minimum atomic E-state index is -0.121. The molecule has 0 bridgehead atoms. The summed E-state index contributed by atoms with van der Waals surface area (Å²) in [7, 11) is 0. The molecule has 86 valence electrons. The predicted molar refractivity (Wildman–Crippen MR) is 63.8 cm³/mol. The van der Waals surface area contributed by atoms with Gasteiger partial charge in [0.15, 0.2) is 23.1 Å².